The molecule has 0 radical (unpaired) electrons. The van der Waals surface area contributed by atoms with E-state index in [-0.39, 0.29) is 17.3 Å². The largest absolute Gasteiger partial charge is 0.472 e. The van der Waals surface area contributed by atoms with Gasteiger partial charge in [-0.25, -0.2) is 4.39 Å². The molecule has 2 rings (SSSR count). The number of hydrogen-bond donors (Lipinski definition) is 1. The van der Waals surface area contributed by atoms with E-state index in [4.69, 9.17) is 4.42 Å². The van der Waals surface area contributed by atoms with Gasteiger partial charge < -0.3 is 9.73 Å². The molecule has 0 saturated heterocycles. The Morgan fingerprint density at radius 1 is 1.17 bits per heavy atom. The molecule has 1 heterocycles. The molecule has 3 heteroatoms. The Hall–Kier alpha value is -1.61. The predicted molar refractivity (Wildman–Crippen MR) is 69.9 cm³/mol. The predicted octanol–water partition coefficient (Wildman–Crippen LogP) is 3.66. The van der Waals surface area contributed by atoms with Crippen molar-refractivity contribution >= 4 is 0 Å². The van der Waals surface area contributed by atoms with Crippen LogP contribution in [0.4, 0.5) is 4.39 Å². The maximum absolute atomic E-state index is 13.0. The molecule has 0 amide bonds. The number of likely N-dealkylation sites (N-methyl/N-ethyl adjacent to an activating group) is 1. The van der Waals surface area contributed by atoms with Gasteiger partial charge >= 0.3 is 0 Å². The summed E-state index contributed by atoms with van der Waals surface area (Å²) in [6, 6.07) is 8.73. The second kappa shape index (κ2) is 4.94. The molecule has 1 aromatic heterocycles. The highest BCUT2D eigenvalue weighted by atomic mass is 19.1. The van der Waals surface area contributed by atoms with Crippen LogP contribution in [0.2, 0.25) is 0 Å². The summed E-state index contributed by atoms with van der Waals surface area (Å²) in [4.78, 5) is 0. The number of nitrogens with one attached hydrogen (secondary N) is 1. The Labute approximate surface area is 107 Å². The van der Waals surface area contributed by atoms with Crippen LogP contribution in [0.1, 0.15) is 31.0 Å². The summed E-state index contributed by atoms with van der Waals surface area (Å²) < 4.78 is 18.1. The lowest BCUT2D eigenvalue weighted by Crippen LogP contribution is -2.35. The van der Waals surface area contributed by atoms with E-state index < -0.39 is 0 Å². The maximum atomic E-state index is 13.0. The highest BCUT2D eigenvalue weighted by molar-refractivity contribution is 5.30. The van der Waals surface area contributed by atoms with Crippen LogP contribution < -0.4 is 5.32 Å². The van der Waals surface area contributed by atoms with Crippen molar-refractivity contribution < 1.29 is 8.81 Å². The summed E-state index contributed by atoms with van der Waals surface area (Å²) in [7, 11) is 1.92. The van der Waals surface area contributed by atoms with Crippen molar-refractivity contribution in [2.24, 2.45) is 0 Å². The summed E-state index contributed by atoms with van der Waals surface area (Å²) >= 11 is 0. The van der Waals surface area contributed by atoms with Gasteiger partial charge in [-0.2, -0.15) is 0 Å². The van der Waals surface area contributed by atoms with Gasteiger partial charge in [0.1, 0.15) is 5.82 Å². The molecule has 0 bridgehead atoms. The van der Waals surface area contributed by atoms with E-state index in [2.05, 4.69) is 19.2 Å². The summed E-state index contributed by atoms with van der Waals surface area (Å²) in [5.74, 6) is -0.209. The van der Waals surface area contributed by atoms with Crippen LogP contribution in [0, 0.1) is 5.82 Å². The fourth-order valence-corrected chi connectivity index (χ4v) is 2.43. The highest BCUT2D eigenvalue weighted by Gasteiger charge is 2.32. The third-order valence-electron chi connectivity index (χ3n) is 3.48. The lowest BCUT2D eigenvalue weighted by atomic mass is 9.75. The van der Waals surface area contributed by atoms with Crippen molar-refractivity contribution in [2.75, 3.05) is 7.05 Å². The summed E-state index contributed by atoms with van der Waals surface area (Å²) in [6.07, 6.45) is 3.41. The second-order valence-corrected chi connectivity index (χ2v) is 5.01. The first-order valence-electron chi connectivity index (χ1n) is 6.01. The van der Waals surface area contributed by atoms with Gasteiger partial charge in [0.25, 0.3) is 0 Å². The zero-order chi connectivity index (χ0) is 13.2. The SMILES string of the molecule is CNC(c1ccoc1)C(C)(C)c1ccc(F)cc1. The molecule has 96 valence electrons. The number of furan rings is 1. The number of halogens is 1. The van der Waals surface area contributed by atoms with Crippen molar-refractivity contribution in [2.45, 2.75) is 25.3 Å². The van der Waals surface area contributed by atoms with Gasteiger partial charge in [0.15, 0.2) is 0 Å². The van der Waals surface area contributed by atoms with Crippen molar-refractivity contribution in [1.29, 1.82) is 0 Å². The molecule has 0 saturated carbocycles. The van der Waals surface area contributed by atoms with Crippen molar-refractivity contribution in [3.63, 3.8) is 0 Å². The van der Waals surface area contributed by atoms with Gasteiger partial charge in [-0.1, -0.05) is 26.0 Å². The number of hydrogen-bond acceptors (Lipinski definition) is 2. The van der Waals surface area contributed by atoms with Crippen LogP contribution in [0.15, 0.2) is 47.3 Å². The third kappa shape index (κ3) is 2.31. The lowest BCUT2D eigenvalue weighted by Gasteiger charge is -2.34. The van der Waals surface area contributed by atoms with Crippen molar-refractivity contribution in [3.05, 3.63) is 59.8 Å². The van der Waals surface area contributed by atoms with Crippen LogP contribution in [0.25, 0.3) is 0 Å². The van der Waals surface area contributed by atoms with Gasteiger partial charge in [0, 0.05) is 17.0 Å². The molecule has 18 heavy (non-hydrogen) atoms. The van der Waals surface area contributed by atoms with Gasteiger partial charge in [-0.3, -0.25) is 0 Å². The first kappa shape index (κ1) is 12.8. The normalized spacial score (nSPS) is 13.6. The molecule has 1 aromatic carbocycles. The molecule has 2 nitrogen and oxygen atoms in total. The van der Waals surface area contributed by atoms with E-state index in [1.54, 1.807) is 12.5 Å². The van der Waals surface area contributed by atoms with Crippen LogP contribution in [-0.4, -0.2) is 7.05 Å². The maximum Gasteiger partial charge on any atom is 0.123 e. The zero-order valence-electron chi connectivity index (χ0n) is 10.9. The minimum Gasteiger partial charge on any atom is -0.472 e. The van der Waals surface area contributed by atoms with Crippen LogP contribution in [0.5, 0.6) is 0 Å². The van der Waals surface area contributed by atoms with Crippen LogP contribution in [0.3, 0.4) is 0 Å². The molecule has 0 aliphatic carbocycles. The fourth-order valence-electron chi connectivity index (χ4n) is 2.43. The van der Waals surface area contributed by atoms with E-state index in [9.17, 15) is 4.39 Å². The van der Waals surface area contributed by atoms with Crippen LogP contribution >= 0.6 is 0 Å². The van der Waals surface area contributed by atoms with Crippen molar-refractivity contribution in [1.82, 2.24) is 5.32 Å². The summed E-state index contributed by atoms with van der Waals surface area (Å²) in [5, 5.41) is 3.30. The lowest BCUT2D eigenvalue weighted by molar-refractivity contribution is 0.365. The molecular formula is C15H18FNO. The van der Waals surface area contributed by atoms with Crippen LogP contribution in [-0.2, 0) is 5.41 Å². The first-order valence-corrected chi connectivity index (χ1v) is 6.01. The topological polar surface area (TPSA) is 25.2 Å². The first-order chi connectivity index (χ1) is 8.55. The molecular weight excluding hydrogens is 229 g/mol. The number of benzene rings is 1. The summed E-state index contributed by atoms with van der Waals surface area (Å²) in [5.41, 5.74) is 2.02. The molecule has 1 N–H and O–H groups in total. The van der Waals surface area contributed by atoms with E-state index in [1.165, 1.54) is 12.1 Å². The Balaban J connectivity index is 2.36. The fraction of sp³-hybridized carbons (Fsp3) is 0.333. The molecule has 0 fully saturated rings. The summed E-state index contributed by atoms with van der Waals surface area (Å²) in [6.45, 7) is 4.27. The zero-order valence-corrected chi connectivity index (χ0v) is 10.9. The second-order valence-electron chi connectivity index (χ2n) is 5.01. The Morgan fingerprint density at radius 3 is 2.33 bits per heavy atom. The van der Waals surface area contributed by atoms with E-state index >= 15 is 0 Å². The quantitative estimate of drug-likeness (QED) is 0.892. The van der Waals surface area contributed by atoms with Gasteiger partial charge in [0.05, 0.1) is 12.5 Å². The Morgan fingerprint density at radius 2 is 1.83 bits per heavy atom. The monoisotopic (exact) mass is 247 g/mol. The van der Waals surface area contributed by atoms with Crippen molar-refractivity contribution in [3.8, 4) is 0 Å². The average molecular weight is 247 g/mol. The smallest absolute Gasteiger partial charge is 0.123 e. The minimum atomic E-state index is -0.209. The number of rotatable bonds is 4. The van der Waals surface area contributed by atoms with Gasteiger partial charge in [-0.05, 0) is 30.8 Å². The van der Waals surface area contributed by atoms with E-state index in [0.717, 1.165) is 11.1 Å². The average Bonchev–Trinajstić information content (AvgIpc) is 2.84. The molecule has 0 aliphatic heterocycles. The molecule has 0 aliphatic rings. The van der Waals surface area contributed by atoms with Gasteiger partial charge in [0.2, 0.25) is 0 Å². The molecule has 0 spiro atoms. The Bertz CT molecular complexity index is 488. The Kier molecular flexibility index (Phi) is 3.53. The molecule has 1 atom stereocenters. The standard InChI is InChI=1S/C15H18FNO/c1-15(2,12-4-6-13(16)7-5-12)14(17-3)11-8-9-18-10-11/h4-10,14,17H,1-3H3. The third-order valence-corrected chi connectivity index (χ3v) is 3.48. The van der Waals surface area contributed by atoms with Gasteiger partial charge in [-0.15, -0.1) is 0 Å². The molecule has 2 aromatic rings. The minimum absolute atomic E-state index is 0.113. The van der Waals surface area contributed by atoms with E-state index in [0.29, 0.717) is 0 Å². The highest BCUT2D eigenvalue weighted by Crippen LogP contribution is 2.36. The van der Waals surface area contributed by atoms with E-state index in [1.807, 2.05) is 25.2 Å². The molecule has 1 unspecified atom stereocenters.